The van der Waals surface area contributed by atoms with E-state index in [4.69, 9.17) is 0 Å². The first kappa shape index (κ1) is 12.7. The molecule has 5 heteroatoms. The molecule has 0 aromatic heterocycles. The smallest absolute Gasteiger partial charge is 0.251 e. The number of hydrogen-bond donors (Lipinski definition) is 4. The molecule has 18 heavy (non-hydrogen) atoms. The summed E-state index contributed by atoms with van der Waals surface area (Å²) in [4.78, 5) is 12.0. The number of rotatable bonds is 2. The van der Waals surface area contributed by atoms with Crippen LogP contribution in [0.25, 0.3) is 0 Å². The predicted octanol–water partition coefficient (Wildman–Crippen LogP) is 0.970. The molecular formula is C13H18N2O3. The number of carbonyl (C=O) groups is 1. The standard InChI is InChI=1S/C13H18N2O3/c16-11-6-9(7-12(17)8-11)13(18)15-10-2-1-4-14-5-3-10/h6-8,10,14,16-17H,1-5H2,(H,15,18). The Balaban J connectivity index is 2.01. The van der Waals surface area contributed by atoms with Gasteiger partial charge in [-0.3, -0.25) is 4.79 Å². The average Bonchev–Trinajstić information content (AvgIpc) is 2.56. The van der Waals surface area contributed by atoms with Crippen LogP contribution >= 0.6 is 0 Å². The Morgan fingerprint density at radius 3 is 2.61 bits per heavy atom. The Bertz CT molecular complexity index is 406. The van der Waals surface area contributed by atoms with E-state index in [9.17, 15) is 15.0 Å². The van der Waals surface area contributed by atoms with Crippen LogP contribution < -0.4 is 10.6 Å². The Labute approximate surface area is 106 Å². The van der Waals surface area contributed by atoms with Crippen LogP contribution in [0.15, 0.2) is 18.2 Å². The van der Waals surface area contributed by atoms with Crippen LogP contribution in [0.3, 0.4) is 0 Å². The summed E-state index contributed by atoms with van der Waals surface area (Å²) in [6.45, 7) is 1.88. The van der Waals surface area contributed by atoms with Gasteiger partial charge in [0.05, 0.1) is 0 Å². The van der Waals surface area contributed by atoms with E-state index in [1.165, 1.54) is 18.2 Å². The van der Waals surface area contributed by atoms with Crippen molar-refractivity contribution in [2.24, 2.45) is 0 Å². The first-order chi connectivity index (χ1) is 8.65. The van der Waals surface area contributed by atoms with E-state index in [1.807, 2.05) is 0 Å². The van der Waals surface area contributed by atoms with Gasteiger partial charge in [-0.1, -0.05) is 0 Å². The van der Waals surface area contributed by atoms with E-state index in [0.29, 0.717) is 0 Å². The highest BCUT2D eigenvalue weighted by Gasteiger charge is 2.16. The highest BCUT2D eigenvalue weighted by atomic mass is 16.3. The van der Waals surface area contributed by atoms with E-state index in [1.54, 1.807) is 0 Å². The van der Waals surface area contributed by atoms with Crippen LogP contribution in [-0.2, 0) is 0 Å². The number of nitrogens with one attached hydrogen (secondary N) is 2. The molecule has 0 saturated carbocycles. The lowest BCUT2D eigenvalue weighted by molar-refractivity contribution is 0.0933. The van der Waals surface area contributed by atoms with Crippen molar-refractivity contribution in [3.8, 4) is 11.5 Å². The van der Waals surface area contributed by atoms with Gasteiger partial charge in [0.25, 0.3) is 5.91 Å². The van der Waals surface area contributed by atoms with Crippen LogP contribution in [0, 0.1) is 0 Å². The average molecular weight is 250 g/mol. The summed E-state index contributed by atoms with van der Waals surface area (Å²) < 4.78 is 0. The van der Waals surface area contributed by atoms with Gasteiger partial charge < -0.3 is 20.8 Å². The Hall–Kier alpha value is -1.75. The highest BCUT2D eigenvalue weighted by molar-refractivity contribution is 5.95. The van der Waals surface area contributed by atoms with Crippen molar-refractivity contribution >= 4 is 5.91 Å². The lowest BCUT2D eigenvalue weighted by Crippen LogP contribution is -2.35. The van der Waals surface area contributed by atoms with E-state index < -0.39 is 0 Å². The summed E-state index contributed by atoms with van der Waals surface area (Å²) >= 11 is 0. The Morgan fingerprint density at radius 1 is 1.17 bits per heavy atom. The summed E-state index contributed by atoms with van der Waals surface area (Å²) in [5.41, 5.74) is 0.282. The van der Waals surface area contributed by atoms with E-state index in [-0.39, 0.29) is 29.0 Å². The van der Waals surface area contributed by atoms with Gasteiger partial charge in [0.2, 0.25) is 0 Å². The lowest BCUT2D eigenvalue weighted by atomic mass is 10.1. The molecule has 0 bridgehead atoms. The van der Waals surface area contributed by atoms with Crippen LogP contribution in [0.5, 0.6) is 11.5 Å². The van der Waals surface area contributed by atoms with Crippen LogP contribution in [0.1, 0.15) is 29.6 Å². The maximum Gasteiger partial charge on any atom is 0.251 e. The minimum Gasteiger partial charge on any atom is -0.508 e. The Morgan fingerprint density at radius 2 is 1.89 bits per heavy atom. The second-order valence-corrected chi connectivity index (χ2v) is 4.59. The number of benzene rings is 1. The third-order valence-corrected chi connectivity index (χ3v) is 3.08. The molecule has 0 radical (unpaired) electrons. The van der Waals surface area contributed by atoms with Gasteiger partial charge in [-0.25, -0.2) is 0 Å². The largest absolute Gasteiger partial charge is 0.508 e. The second kappa shape index (κ2) is 5.73. The maximum absolute atomic E-state index is 12.0. The number of hydrogen-bond acceptors (Lipinski definition) is 4. The van der Waals surface area contributed by atoms with Crippen LogP contribution in [0.2, 0.25) is 0 Å². The van der Waals surface area contributed by atoms with Gasteiger partial charge in [0.1, 0.15) is 11.5 Å². The summed E-state index contributed by atoms with van der Waals surface area (Å²) in [5, 5.41) is 24.9. The Kier molecular flexibility index (Phi) is 4.04. The molecule has 1 unspecified atom stereocenters. The van der Waals surface area contributed by atoms with Crippen molar-refractivity contribution in [2.75, 3.05) is 13.1 Å². The van der Waals surface area contributed by atoms with Gasteiger partial charge in [-0.05, 0) is 44.5 Å². The summed E-state index contributed by atoms with van der Waals surface area (Å²) in [6.07, 6.45) is 2.89. The fourth-order valence-electron chi connectivity index (χ4n) is 2.16. The number of phenolic OH excluding ortho intramolecular Hbond substituents is 2. The minimum absolute atomic E-state index is 0.109. The topological polar surface area (TPSA) is 81.6 Å². The SMILES string of the molecule is O=C(NC1CCCNCC1)c1cc(O)cc(O)c1. The molecule has 1 aliphatic heterocycles. The molecule has 1 aliphatic rings. The molecule has 1 aromatic carbocycles. The van der Waals surface area contributed by atoms with Gasteiger partial charge in [-0.15, -0.1) is 0 Å². The zero-order chi connectivity index (χ0) is 13.0. The van der Waals surface area contributed by atoms with Crippen molar-refractivity contribution in [3.05, 3.63) is 23.8 Å². The van der Waals surface area contributed by atoms with Gasteiger partial charge in [0, 0.05) is 17.7 Å². The fourth-order valence-corrected chi connectivity index (χ4v) is 2.16. The molecule has 5 nitrogen and oxygen atoms in total. The van der Waals surface area contributed by atoms with Crippen LogP contribution in [0.4, 0.5) is 0 Å². The maximum atomic E-state index is 12.0. The van der Waals surface area contributed by atoms with Crippen molar-refractivity contribution in [2.45, 2.75) is 25.3 Å². The molecule has 1 fully saturated rings. The summed E-state index contributed by atoms with van der Waals surface area (Å²) in [5.74, 6) is -0.474. The second-order valence-electron chi connectivity index (χ2n) is 4.59. The third kappa shape index (κ3) is 3.37. The molecule has 2 rings (SSSR count). The monoisotopic (exact) mass is 250 g/mol. The minimum atomic E-state index is -0.256. The quantitative estimate of drug-likeness (QED) is 0.630. The molecule has 4 N–H and O–H groups in total. The number of carbonyl (C=O) groups excluding carboxylic acids is 1. The van der Waals surface area contributed by atoms with Gasteiger partial charge >= 0.3 is 0 Å². The molecule has 1 saturated heterocycles. The molecule has 1 heterocycles. The molecule has 1 aromatic rings. The van der Waals surface area contributed by atoms with E-state index in [0.717, 1.165) is 32.4 Å². The predicted molar refractivity (Wildman–Crippen MR) is 67.7 cm³/mol. The number of aromatic hydroxyl groups is 2. The zero-order valence-corrected chi connectivity index (χ0v) is 10.1. The fraction of sp³-hybridized carbons (Fsp3) is 0.462. The summed E-state index contributed by atoms with van der Waals surface area (Å²) in [7, 11) is 0. The first-order valence-corrected chi connectivity index (χ1v) is 6.20. The van der Waals surface area contributed by atoms with E-state index >= 15 is 0 Å². The highest BCUT2D eigenvalue weighted by Crippen LogP contribution is 2.20. The first-order valence-electron chi connectivity index (χ1n) is 6.20. The van der Waals surface area contributed by atoms with Crippen molar-refractivity contribution in [1.82, 2.24) is 10.6 Å². The zero-order valence-electron chi connectivity index (χ0n) is 10.1. The third-order valence-electron chi connectivity index (χ3n) is 3.08. The van der Waals surface area contributed by atoms with Crippen molar-refractivity contribution < 1.29 is 15.0 Å². The lowest BCUT2D eigenvalue weighted by Gasteiger charge is -2.16. The molecule has 0 aliphatic carbocycles. The number of phenols is 2. The molecular weight excluding hydrogens is 232 g/mol. The molecule has 1 amide bonds. The molecule has 1 atom stereocenters. The van der Waals surface area contributed by atoms with E-state index in [2.05, 4.69) is 10.6 Å². The molecule has 0 spiro atoms. The van der Waals surface area contributed by atoms with Crippen LogP contribution in [-0.4, -0.2) is 35.3 Å². The van der Waals surface area contributed by atoms with Crippen molar-refractivity contribution in [3.63, 3.8) is 0 Å². The van der Waals surface area contributed by atoms with Gasteiger partial charge in [0.15, 0.2) is 0 Å². The number of amides is 1. The van der Waals surface area contributed by atoms with Gasteiger partial charge in [-0.2, -0.15) is 0 Å². The normalized spacial score (nSPS) is 20.1. The summed E-state index contributed by atoms with van der Waals surface area (Å²) in [6, 6.07) is 4.05. The van der Waals surface area contributed by atoms with Crippen molar-refractivity contribution in [1.29, 1.82) is 0 Å². The molecule has 98 valence electrons.